The fraction of sp³-hybridized carbons (Fsp3) is 0.488. The second-order valence-corrected chi connectivity index (χ2v) is 18.9. The molecule has 0 spiro atoms. The Hall–Kier alpha value is -4.59. The van der Waals surface area contributed by atoms with Crippen LogP contribution in [0.2, 0.25) is 0 Å². The molecule has 0 radical (unpaired) electrons. The summed E-state index contributed by atoms with van der Waals surface area (Å²) in [6.45, 7) is 6.26. The highest BCUT2D eigenvalue weighted by Gasteiger charge is 2.53. The number of para-hydroxylation sites is 1. The van der Waals surface area contributed by atoms with Gasteiger partial charge in [0.1, 0.15) is 29.6 Å². The van der Waals surface area contributed by atoms with Crippen molar-refractivity contribution >= 4 is 52.6 Å². The van der Waals surface area contributed by atoms with Gasteiger partial charge in [0.2, 0.25) is 23.6 Å². The molecule has 57 heavy (non-hydrogen) atoms. The molecule has 3 amide bonds. The SMILES string of the molecule is CCCOC(=O)[C@H](C)NP(=O)(Oc1ccccc1)C(F)c1ccc2sc(C(=O)N[C@H]3C[C@@H]4C[C@@H]4C[C@H]4CC[C@@H](C(=O)N5CC(c6ncc(C)o6)C5)N4C3=O)cc2c1. The van der Waals surface area contributed by atoms with Crippen LogP contribution in [0.5, 0.6) is 5.75 Å². The molecular weight excluding hydrogens is 773 g/mol. The molecule has 2 aromatic carbocycles. The van der Waals surface area contributed by atoms with Crippen LogP contribution in [-0.4, -0.2) is 82.3 Å². The number of fused-ring (bicyclic) bond motifs is 3. The highest BCUT2D eigenvalue weighted by atomic mass is 32.1. The third-order valence-electron chi connectivity index (χ3n) is 11.5. The minimum Gasteiger partial charge on any atom is -0.465 e. The predicted octanol–water partition coefficient (Wildman–Crippen LogP) is 6.88. The van der Waals surface area contributed by atoms with Crippen LogP contribution in [0.15, 0.2) is 65.2 Å². The van der Waals surface area contributed by atoms with Gasteiger partial charge in [0.15, 0.2) is 0 Å². The van der Waals surface area contributed by atoms with Gasteiger partial charge in [-0.1, -0.05) is 31.2 Å². The summed E-state index contributed by atoms with van der Waals surface area (Å²) in [7, 11) is -4.44. The van der Waals surface area contributed by atoms with Gasteiger partial charge in [-0.25, -0.2) is 14.5 Å². The van der Waals surface area contributed by atoms with Crippen molar-refractivity contribution in [2.24, 2.45) is 11.8 Å². The van der Waals surface area contributed by atoms with Gasteiger partial charge in [0, 0.05) is 23.8 Å². The van der Waals surface area contributed by atoms with Crippen LogP contribution in [0.3, 0.4) is 0 Å². The Balaban J connectivity index is 0.976. The number of rotatable bonds is 13. The molecule has 16 heteroatoms. The normalized spacial score (nSPS) is 25.3. The number of hydrogen-bond donors (Lipinski definition) is 2. The molecular formula is C41H47FN5O8PS. The van der Waals surface area contributed by atoms with E-state index in [1.54, 1.807) is 58.5 Å². The highest BCUT2D eigenvalue weighted by molar-refractivity contribution is 7.57. The summed E-state index contributed by atoms with van der Waals surface area (Å²) in [6, 6.07) is 11.9. The molecule has 2 aromatic heterocycles. The molecule has 5 heterocycles. The molecule has 2 N–H and O–H groups in total. The van der Waals surface area contributed by atoms with Crippen molar-refractivity contribution in [1.82, 2.24) is 25.2 Å². The topological polar surface area (TPSA) is 160 Å². The summed E-state index contributed by atoms with van der Waals surface area (Å²) in [6.07, 6.45) is 5.96. The fourth-order valence-corrected chi connectivity index (χ4v) is 11.2. The van der Waals surface area contributed by atoms with Gasteiger partial charge in [-0.2, -0.15) is 0 Å². The first kappa shape index (κ1) is 39.2. The molecule has 3 aliphatic heterocycles. The Morgan fingerprint density at radius 3 is 2.58 bits per heavy atom. The molecule has 0 bridgehead atoms. The molecule has 4 aliphatic rings. The largest absolute Gasteiger partial charge is 0.465 e. The predicted molar refractivity (Wildman–Crippen MR) is 211 cm³/mol. The number of nitrogens with zero attached hydrogens (tertiary/aromatic N) is 3. The Morgan fingerprint density at radius 2 is 1.84 bits per heavy atom. The quantitative estimate of drug-likeness (QED) is 0.108. The lowest BCUT2D eigenvalue weighted by atomic mass is 9.97. The van der Waals surface area contributed by atoms with E-state index >= 15 is 4.39 Å². The minimum atomic E-state index is -4.44. The van der Waals surface area contributed by atoms with Crippen LogP contribution in [0, 0.1) is 18.8 Å². The van der Waals surface area contributed by atoms with E-state index in [1.165, 1.54) is 30.4 Å². The van der Waals surface area contributed by atoms with Crippen molar-refractivity contribution in [1.29, 1.82) is 0 Å². The zero-order valence-corrected chi connectivity index (χ0v) is 33.8. The van der Waals surface area contributed by atoms with E-state index in [0.717, 1.165) is 25.0 Å². The van der Waals surface area contributed by atoms with Crippen molar-refractivity contribution in [2.75, 3.05) is 19.7 Å². The number of carbonyl (C=O) groups excluding carboxylic acids is 4. The Morgan fingerprint density at radius 1 is 1.07 bits per heavy atom. The zero-order valence-electron chi connectivity index (χ0n) is 32.1. The van der Waals surface area contributed by atoms with Crippen molar-refractivity contribution < 1.29 is 41.8 Å². The van der Waals surface area contributed by atoms with Gasteiger partial charge < -0.3 is 28.8 Å². The lowest BCUT2D eigenvalue weighted by molar-refractivity contribution is -0.150. The van der Waals surface area contributed by atoms with Crippen molar-refractivity contribution in [3.05, 3.63) is 82.9 Å². The average molecular weight is 820 g/mol. The molecule has 8 atom stereocenters. The molecule has 13 nitrogen and oxygen atoms in total. The lowest BCUT2D eigenvalue weighted by Gasteiger charge is -2.42. The number of nitrogens with one attached hydrogen (secondary N) is 2. The number of hydrogen-bond acceptors (Lipinski definition) is 10. The highest BCUT2D eigenvalue weighted by Crippen LogP contribution is 2.58. The van der Waals surface area contributed by atoms with Crippen LogP contribution in [0.1, 0.15) is 91.1 Å². The van der Waals surface area contributed by atoms with Gasteiger partial charge >= 0.3 is 13.5 Å². The molecule has 2 unspecified atom stereocenters. The number of amides is 3. The van der Waals surface area contributed by atoms with Gasteiger partial charge in [-0.3, -0.25) is 23.7 Å². The molecule has 3 saturated heterocycles. The molecule has 4 fully saturated rings. The smallest absolute Gasteiger partial charge is 0.355 e. The Bertz CT molecular complexity index is 2210. The van der Waals surface area contributed by atoms with Crippen LogP contribution in [0.25, 0.3) is 10.1 Å². The Kier molecular flexibility index (Phi) is 11.0. The van der Waals surface area contributed by atoms with E-state index in [1.807, 2.05) is 13.8 Å². The molecule has 1 saturated carbocycles. The molecule has 1 aliphatic carbocycles. The molecule has 8 rings (SSSR count). The van der Waals surface area contributed by atoms with Crippen LogP contribution >= 0.6 is 18.9 Å². The number of halogens is 1. The summed E-state index contributed by atoms with van der Waals surface area (Å²) >= 11 is 1.20. The number of oxazole rings is 1. The molecule has 302 valence electrons. The van der Waals surface area contributed by atoms with Gasteiger partial charge in [0.25, 0.3) is 5.91 Å². The second-order valence-electron chi connectivity index (χ2n) is 15.8. The van der Waals surface area contributed by atoms with Gasteiger partial charge in [0.05, 0.1) is 23.6 Å². The average Bonchev–Trinajstić information content (AvgIpc) is 3.49. The van der Waals surface area contributed by atoms with E-state index in [4.69, 9.17) is 13.7 Å². The first-order valence-corrected chi connectivity index (χ1v) is 22.2. The van der Waals surface area contributed by atoms with E-state index in [9.17, 15) is 23.7 Å². The summed E-state index contributed by atoms with van der Waals surface area (Å²) < 4.78 is 48.1. The lowest BCUT2D eigenvalue weighted by Crippen LogP contribution is -2.59. The summed E-state index contributed by atoms with van der Waals surface area (Å²) in [5.41, 5.74) is 0.0305. The van der Waals surface area contributed by atoms with Crippen molar-refractivity contribution in [3.63, 3.8) is 0 Å². The minimum absolute atomic E-state index is 0.0305. The van der Waals surface area contributed by atoms with Crippen molar-refractivity contribution in [3.8, 4) is 5.75 Å². The first-order valence-electron chi connectivity index (χ1n) is 19.7. The standard InChI is InChI=1S/C41H47FN5O8PS/c1-4-14-53-41(51)24(3)45-56(52,55-31-8-6-5-7-9-31)36(42)25-10-13-34-28(15-25)19-35(57-34)37(48)44-32-18-27-16-26(27)17-30-11-12-33(47(30)39(32)49)40(50)46-21-29(22-46)38-43-20-23(2)54-38/h5-10,13,15,19-20,24,26-27,29-30,32-33,36H,4,11-12,14,16-18,21-22H2,1-3H3,(H,44,48)(H,45,52)/t24-,26+,27-,30+,32-,33-,36?,56?/m0/s1. The van der Waals surface area contributed by atoms with Crippen LogP contribution in [-0.2, 0) is 23.7 Å². The third-order valence-corrected chi connectivity index (χ3v) is 14.7. The maximum absolute atomic E-state index is 16.5. The number of likely N-dealkylation sites (tertiary alicyclic amines) is 1. The summed E-state index contributed by atoms with van der Waals surface area (Å²) in [5, 5.41) is 6.14. The second kappa shape index (κ2) is 16.0. The zero-order chi connectivity index (χ0) is 40.0. The number of thiophene rings is 1. The molecule has 4 aromatic rings. The maximum atomic E-state index is 16.5. The number of aromatic nitrogens is 1. The van der Waals surface area contributed by atoms with E-state index in [-0.39, 0.29) is 41.7 Å². The van der Waals surface area contributed by atoms with E-state index < -0.39 is 43.4 Å². The van der Waals surface area contributed by atoms with Crippen LogP contribution in [0.4, 0.5) is 4.39 Å². The van der Waals surface area contributed by atoms with E-state index in [0.29, 0.717) is 65.0 Å². The number of alkyl halides is 1. The van der Waals surface area contributed by atoms with Crippen LogP contribution < -0.4 is 14.9 Å². The van der Waals surface area contributed by atoms with Gasteiger partial charge in [-0.05, 0) is 105 Å². The summed E-state index contributed by atoms with van der Waals surface area (Å²) in [4.78, 5) is 62.8. The van der Waals surface area contributed by atoms with E-state index in [2.05, 4.69) is 15.4 Å². The number of esters is 1. The Labute approximate surface area is 334 Å². The monoisotopic (exact) mass is 819 g/mol. The number of benzene rings is 2. The number of carbonyl (C=O) groups is 4. The fourth-order valence-electron chi connectivity index (χ4n) is 8.39. The number of aryl methyl sites for hydroxylation is 1. The first-order chi connectivity index (χ1) is 27.4. The van der Waals surface area contributed by atoms with Crippen molar-refractivity contribution in [2.45, 2.75) is 95.3 Å². The maximum Gasteiger partial charge on any atom is 0.355 e. The number of ether oxygens (including phenoxy) is 1. The summed E-state index contributed by atoms with van der Waals surface area (Å²) in [5.74, 6) is -1.28. The third kappa shape index (κ3) is 8.11. The van der Waals surface area contributed by atoms with Gasteiger partial charge in [-0.15, -0.1) is 11.3 Å².